The highest BCUT2D eigenvalue weighted by Crippen LogP contribution is 2.16. The molecule has 132 valence electrons. The third-order valence-corrected chi connectivity index (χ3v) is 3.51. The number of nitrogens with one attached hydrogen (secondary N) is 2. The molecule has 0 bridgehead atoms. The van der Waals surface area contributed by atoms with E-state index in [4.69, 9.17) is 4.74 Å². The fraction of sp³-hybridized carbons (Fsp3) is 0.0556. The second-order valence-corrected chi connectivity index (χ2v) is 5.24. The average Bonchev–Trinajstić information content (AvgIpc) is 2.64. The third-order valence-electron chi connectivity index (χ3n) is 3.51. The number of rotatable bonds is 4. The van der Waals surface area contributed by atoms with Gasteiger partial charge in [-0.15, -0.1) is 0 Å². The van der Waals surface area contributed by atoms with Gasteiger partial charge < -0.3 is 10.1 Å². The number of nitrogens with zero attached hydrogens (tertiary/aromatic N) is 2. The van der Waals surface area contributed by atoms with E-state index in [1.807, 2.05) is 0 Å². The summed E-state index contributed by atoms with van der Waals surface area (Å²) < 4.78 is 19.4. The molecule has 0 saturated carbocycles. The Bertz CT molecular complexity index is 986. The van der Waals surface area contributed by atoms with E-state index in [9.17, 15) is 14.0 Å². The molecule has 2 amide bonds. The molecule has 8 heteroatoms. The molecule has 0 aliphatic rings. The molecule has 2 aromatic carbocycles. The number of benzene rings is 2. The van der Waals surface area contributed by atoms with Crippen LogP contribution in [0, 0.1) is 5.82 Å². The second-order valence-electron chi connectivity index (χ2n) is 5.24. The molecule has 0 aliphatic heterocycles. The summed E-state index contributed by atoms with van der Waals surface area (Å²) in [6, 6.07) is 11.5. The number of amides is 2. The van der Waals surface area contributed by atoms with Crippen LogP contribution in [0.1, 0.15) is 0 Å². The molecule has 2 N–H and O–H groups in total. The summed E-state index contributed by atoms with van der Waals surface area (Å²) in [5, 5.41) is 5.00. The minimum Gasteiger partial charge on any atom is -0.497 e. The van der Waals surface area contributed by atoms with Crippen molar-refractivity contribution in [2.75, 3.05) is 17.7 Å². The molecule has 0 atom stereocenters. The van der Waals surface area contributed by atoms with Gasteiger partial charge in [-0.25, -0.2) is 14.2 Å². The summed E-state index contributed by atoms with van der Waals surface area (Å²) >= 11 is 0. The fourth-order valence-corrected chi connectivity index (χ4v) is 2.27. The van der Waals surface area contributed by atoms with Crippen molar-refractivity contribution in [3.63, 3.8) is 0 Å². The molecule has 0 saturated heterocycles. The lowest BCUT2D eigenvalue weighted by molar-refractivity contribution is 0.262. The molecule has 0 radical (unpaired) electrons. The summed E-state index contributed by atoms with van der Waals surface area (Å²) in [6.45, 7) is 0. The zero-order valence-electron chi connectivity index (χ0n) is 13.8. The Hall–Kier alpha value is -3.68. The van der Waals surface area contributed by atoms with Crippen LogP contribution >= 0.6 is 0 Å². The van der Waals surface area contributed by atoms with Gasteiger partial charge in [0, 0.05) is 29.8 Å². The summed E-state index contributed by atoms with van der Waals surface area (Å²) in [7, 11) is 1.52. The first-order valence-electron chi connectivity index (χ1n) is 7.62. The lowest BCUT2D eigenvalue weighted by atomic mass is 10.3. The molecule has 1 aromatic heterocycles. The summed E-state index contributed by atoms with van der Waals surface area (Å²) in [5.74, 6) is 0.0170. The van der Waals surface area contributed by atoms with Crippen LogP contribution in [0.4, 0.5) is 20.7 Å². The van der Waals surface area contributed by atoms with E-state index in [0.29, 0.717) is 17.1 Å². The average molecular weight is 354 g/mol. The van der Waals surface area contributed by atoms with Crippen molar-refractivity contribution >= 4 is 17.5 Å². The Morgan fingerprint density at radius 3 is 2.65 bits per heavy atom. The predicted octanol–water partition coefficient (Wildman–Crippen LogP) is 3.02. The second kappa shape index (κ2) is 7.47. The smallest absolute Gasteiger partial charge is 0.325 e. The number of hydrogen-bond acceptors (Lipinski definition) is 4. The van der Waals surface area contributed by atoms with Gasteiger partial charge in [0.25, 0.3) is 5.56 Å². The van der Waals surface area contributed by atoms with Crippen LogP contribution in [-0.4, -0.2) is 22.7 Å². The summed E-state index contributed by atoms with van der Waals surface area (Å²) in [6.07, 6.45) is 2.80. The highest BCUT2D eigenvalue weighted by molar-refractivity contribution is 5.99. The minimum atomic E-state index is -0.625. The van der Waals surface area contributed by atoms with Crippen molar-refractivity contribution in [1.29, 1.82) is 0 Å². The lowest BCUT2D eigenvalue weighted by Crippen LogP contribution is -2.28. The Morgan fingerprint density at radius 1 is 1.15 bits per heavy atom. The SMILES string of the molecule is COc1cccc(NC(=O)Nc2nccn(-c3ccc(F)cc3)c2=O)c1. The molecule has 26 heavy (non-hydrogen) atoms. The molecule has 3 rings (SSSR count). The van der Waals surface area contributed by atoms with Crippen LogP contribution in [-0.2, 0) is 0 Å². The van der Waals surface area contributed by atoms with Gasteiger partial charge >= 0.3 is 6.03 Å². The molecule has 7 nitrogen and oxygen atoms in total. The number of carbonyl (C=O) groups excluding carboxylic acids is 1. The Morgan fingerprint density at radius 2 is 1.92 bits per heavy atom. The molecule has 0 spiro atoms. The van der Waals surface area contributed by atoms with Crippen LogP contribution in [0.3, 0.4) is 0 Å². The molecule has 1 heterocycles. The van der Waals surface area contributed by atoms with Gasteiger partial charge in [0.2, 0.25) is 5.82 Å². The quantitative estimate of drug-likeness (QED) is 0.754. The Balaban J connectivity index is 1.79. The van der Waals surface area contributed by atoms with Crippen molar-refractivity contribution in [2.24, 2.45) is 0 Å². The highest BCUT2D eigenvalue weighted by Gasteiger charge is 2.10. The van der Waals surface area contributed by atoms with Crippen molar-refractivity contribution in [3.05, 3.63) is 77.1 Å². The van der Waals surface area contributed by atoms with E-state index in [1.54, 1.807) is 24.3 Å². The van der Waals surface area contributed by atoms with Crippen molar-refractivity contribution in [2.45, 2.75) is 0 Å². The standard InChI is InChI=1S/C18H15FN4O3/c1-26-15-4-2-3-13(11-15)21-18(25)22-16-17(24)23(10-9-20-16)14-7-5-12(19)6-8-14/h2-11H,1H3,(H2,20,21,22,25). The highest BCUT2D eigenvalue weighted by atomic mass is 19.1. The van der Waals surface area contributed by atoms with Gasteiger partial charge in [-0.1, -0.05) is 6.07 Å². The van der Waals surface area contributed by atoms with Gasteiger partial charge in [0.15, 0.2) is 0 Å². The first-order chi connectivity index (χ1) is 12.6. The number of ether oxygens (including phenoxy) is 1. The van der Waals surface area contributed by atoms with E-state index < -0.39 is 17.4 Å². The lowest BCUT2D eigenvalue weighted by Gasteiger charge is -2.10. The van der Waals surface area contributed by atoms with Crippen molar-refractivity contribution < 1.29 is 13.9 Å². The topological polar surface area (TPSA) is 85.2 Å². The maximum Gasteiger partial charge on any atom is 0.325 e. The third kappa shape index (κ3) is 3.86. The minimum absolute atomic E-state index is 0.155. The van der Waals surface area contributed by atoms with E-state index in [2.05, 4.69) is 15.6 Å². The summed E-state index contributed by atoms with van der Waals surface area (Å²) in [5.41, 5.74) is 0.409. The molecule has 0 fully saturated rings. The first kappa shape index (κ1) is 17.2. The van der Waals surface area contributed by atoms with Crippen LogP contribution in [0.25, 0.3) is 5.69 Å². The first-order valence-corrected chi connectivity index (χ1v) is 7.62. The number of urea groups is 1. The number of halogens is 1. The van der Waals surface area contributed by atoms with Gasteiger partial charge in [0.1, 0.15) is 11.6 Å². The number of aromatic nitrogens is 2. The largest absolute Gasteiger partial charge is 0.497 e. The fourth-order valence-electron chi connectivity index (χ4n) is 2.27. The van der Waals surface area contributed by atoms with E-state index in [-0.39, 0.29) is 5.82 Å². The van der Waals surface area contributed by atoms with Crippen LogP contribution in [0.2, 0.25) is 0 Å². The maximum atomic E-state index is 13.0. The van der Waals surface area contributed by atoms with E-state index >= 15 is 0 Å². The molecule has 0 unspecified atom stereocenters. The number of carbonyl (C=O) groups is 1. The van der Waals surface area contributed by atoms with Gasteiger partial charge in [-0.3, -0.25) is 14.7 Å². The van der Waals surface area contributed by atoms with Gasteiger partial charge in [-0.2, -0.15) is 0 Å². The zero-order chi connectivity index (χ0) is 18.5. The van der Waals surface area contributed by atoms with Crippen LogP contribution < -0.4 is 20.9 Å². The van der Waals surface area contributed by atoms with Crippen molar-refractivity contribution in [1.82, 2.24) is 9.55 Å². The molecular weight excluding hydrogens is 339 g/mol. The molecule has 0 aliphatic carbocycles. The Labute approximate surface area is 148 Å². The maximum absolute atomic E-state index is 13.0. The number of methoxy groups -OCH3 is 1. The monoisotopic (exact) mass is 354 g/mol. The van der Waals surface area contributed by atoms with E-state index in [1.165, 1.54) is 48.3 Å². The van der Waals surface area contributed by atoms with Crippen LogP contribution in [0.5, 0.6) is 5.75 Å². The summed E-state index contributed by atoms with van der Waals surface area (Å²) in [4.78, 5) is 28.5. The van der Waals surface area contributed by atoms with Gasteiger partial charge in [0.05, 0.1) is 7.11 Å². The molecule has 3 aromatic rings. The van der Waals surface area contributed by atoms with Crippen LogP contribution in [0.15, 0.2) is 65.7 Å². The Kier molecular flexibility index (Phi) is 4.93. The normalized spacial score (nSPS) is 10.2. The van der Waals surface area contributed by atoms with E-state index in [0.717, 1.165) is 0 Å². The van der Waals surface area contributed by atoms with Gasteiger partial charge in [-0.05, 0) is 36.4 Å². The molecular formula is C18H15FN4O3. The van der Waals surface area contributed by atoms with Crippen molar-refractivity contribution in [3.8, 4) is 11.4 Å². The number of hydrogen-bond donors (Lipinski definition) is 2. The number of anilines is 2. The zero-order valence-corrected chi connectivity index (χ0v) is 13.8. The predicted molar refractivity (Wildman–Crippen MR) is 95.4 cm³/mol.